The van der Waals surface area contributed by atoms with Crippen molar-refractivity contribution in [3.63, 3.8) is 0 Å². The van der Waals surface area contributed by atoms with Gasteiger partial charge in [0.1, 0.15) is 6.33 Å². The smallest absolute Gasteiger partial charge is 0.250 e. The number of aryl methyl sites for hydroxylation is 1. The lowest BCUT2D eigenvalue weighted by Crippen LogP contribution is -2.19. The summed E-state index contributed by atoms with van der Waals surface area (Å²) in [6.07, 6.45) is 2.92. The van der Waals surface area contributed by atoms with Gasteiger partial charge in [-0.1, -0.05) is 11.8 Å². The fourth-order valence-electron chi connectivity index (χ4n) is 1.37. The standard InChI is InChI=1S/C12H13N5O3S/c1-17-7-14-16-12(17)21-6-11(20)15-13-5-8-2-3-9(18)10(19)4-8/h2-5,7,18-19H,6H2,1H3,(H,15,20)/b13-5+. The number of aromatic hydroxyl groups is 2. The number of hydrogen-bond donors (Lipinski definition) is 3. The van der Waals surface area contributed by atoms with Gasteiger partial charge in [0.2, 0.25) is 0 Å². The molecule has 0 saturated heterocycles. The van der Waals surface area contributed by atoms with Gasteiger partial charge in [0.15, 0.2) is 16.7 Å². The quantitative estimate of drug-likeness (QED) is 0.320. The van der Waals surface area contributed by atoms with E-state index in [4.69, 9.17) is 5.11 Å². The monoisotopic (exact) mass is 307 g/mol. The predicted octanol–water partition coefficient (Wildman–Crippen LogP) is 0.469. The van der Waals surface area contributed by atoms with Crippen LogP contribution in [0, 0.1) is 0 Å². The molecule has 21 heavy (non-hydrogen) atoms. The predicted molar refractivity (Wildman–Crippen MR) is 77.2 cm³/mol. The fourth-order valence-corrected chi connectivity index (χ4v) is 2.05. The normalized spacial score (nSPS) is 10.9. The van der Waals surface area contributed by atoms with E-state index in [-0.39, 0.29) is 23.2 Å². The number of nitrogens with one attached hydrogen (secondary N) is 1. The van der Waals surface area contributed by atoms with Crippen LogP contribution in [0.15, 0.2) is 34.8 Å². The molecule has 0 aliphatic heterocycles. The summed E-state index contributed by atoms with van der Waals surface area (Å²) < 4.78 is 1.71. The summed E-state index contributed by atoms with van der Waals surface area (Å²) in [7, 11) is 1.79. The average molecular weight is 307 g/mol. The molecule has 0 aliphatic carbocycles. The second kappa shape index (κ2) is 6.75. The number of phenols is 2. The third-order valence-electron chi connectivity index (χ3n) is 2.40. The van der Waals surface area contributed by atoms with Gasteiger partial charge in [-0.2, -0.15) is 5.10 Å². The number of carbonyl (C=O) groups is 1. The summed E-state index contributed by atoms with van der Waals surface area (Å²) in [4.78, 5) is 11.6. The molecule has 0 aliphatic rings. The van der Waals surface area contributed by atoms with Crippen LogP contribution in [0.4, 0.5) is 0 Å². The Hall–Kier alpha value is -2.55. The molecule has 0 bridgehead atoms. The van der Waals surface area contributed by atoms with Crippen molar-refractivity contribution in [2.75, 3.05) is 5.75 Å². The van der Waals surface area contributed by atoms with Gasteiger partial charge in [0.25, 0.3) is 5.91 Å². The summed E-state index contributed by atoms with van der Waals surface area (Å²) in [5.41, 5.74) is 2.90. The molecule has 2 rings (SSSR count). The number of aromatic nitrogens is 3. The maximum atomic E-state index is 11.6. The van der Waals surface area contributed by atoms with E-state index in [1.165, 1.54) is 30.1 Å². The van der Waals surface area contributed by atoms with Crippen LogP contribution in [-0.2, 0) is 11.8 Å². The molecule has 0 fully saturated rings. The maximum Gasteiger partial charge on any atom is 0.250 e. The Bertz CT molecular complexity index is 671. The van der Waals surface area contributed by atoms with E-state index in [1.54, 1.807) is 24.0 Å². The molecule has 0 saturated carbocycles. The molecule has 3 N–H and O–H groups in total. The molecule has 0 radical (unpaired) electrons. The van der Waals surface area contributed by atoms with Gasteiger partial charge >= 0.3 is 0 Å². The van der Waals surface area contributed by atoms with Gasteiger partial charge in [0.05, 0.1) is 12.0 Å². The van der Waals surface area contributed by atoms with Crippen molar-refractivity contribution in [2.24, 2.45) is 12.1 Å². The molecule has 1 aromatic heterocycles. The molecule has 2 aromatic rings. The first-order valence-corrected chi connectivity index (χ1v) is 6.85. The molecular weight excluding hydrogens is 294 g/mol. The van der Waals surface area contributed by atoms with Crippen LogP contribution in [0.2, 0.25) is 0 Å². The van der Waals surface area contributed by atoms with Crippen molar-refractivity contribution in [3.8, 4) is 11.5 Å². The highest BCUT2D eigenvalue weighted by atomic mass is 32.2. The fraction of sp³-hybridized carbons (Fsp3) is 0.167. The lowest BCUT2D eigenvalue weighted by atomic mass is 10.2. The SMILES string of the molecule is Cn1cnnc1SCC(=O)N/N=C/c1ccc(O)c(O)c1. The Morgan fingerprint density at radius 3 is 2.95 bits per heavy atom. The number of benzene rings is 1. The van der Waals surface area contributed by atoms with Crippen LogP contribution in [0.1, 0.15) is 5.56 Å². The molecule has 9 heteroatoms. The van der Waals surface area contributed by atoms with Crippen molar-refractivity contribution in [1.82, 2.24) is 20.2 Å². The Balaban J connectivity index is 1.82. The number of hydrogen-bond acceptors (Lipinski definition) is 7. The summed E-state index contributed by atoms with van der Waals surface area (Å²) in [6.45, 7) is 0. The van der Waals surface area contributed by atoms with Crippen LogP contribution in [0.25, 0.3) is 0 Å². The van der Waals surface area contributed by atoms with Crippen molar-refractivity contribution in [1.29, 1.82) is 0 Å². The highest BCUT2D eigenvalue weighted by Crippen LogP contribution is 2.23. The summed E-state index contributed by atoms with van der Waals surface area (Å²) >= 11 is 1.24. The molecule has 0 atom stereocenters. The first-order chi connectivity index (χ1) is 10.1. The van der Waals surface area contributed by atoms with Crippen molar-refractivity contribution in [2.45, 2.75) is 5.16 Å². The second-order valence-corrected chi connectivity index (χ2v) is 5.00. The Morgan fingerprint density at radius 2 is 2.29 bits per heavy atom. The van der Waals surface area contributed by atoms with E-state index in [0.717, 1.165) is 0 Å². The van der Waals surface area contributed by atoms with Crippen LogP contribution in [0.5, 0.6) is 11.5 Å². The molecule has 1 amide bonds. The number of nitrogens with zero attached hydrogens (tertiary/aromatic N) is 4. The van der Waals surface area contributed by atoms with Crippen LogP contribution in [-0.4, -0.2) is 42.9 Å². The zero-order valence-electron chi connectivity index (χ0n) is 11.1. The summed E-state index contributed by atoms with van der Waals surface area (Å²) in [5, 5.41) is 30.4. The van der Waals surface area contributed by atoms with Crippen LogP contribution < -0.4 is 5.43 Å². The topological polar surface area (TPSA) is 113 Å². The van der Waals surface area contributed by atoms with E-state index in [1.807, 2.05) is 0 Å². The van der Waals surface area contributed by atoms with Gasteiger partial charge in [-0.25, -0.2) is 5.43 Å². The third-order valence-corrected chi connectivity index (χ3v) is 3.44. The van der Waals surface area contributed by atoms with Crippen LogP contribution >= 0.6 is 11.8 Å². The molecule has 1 aromatic carbocycles. The van der Waals surface area contributed by atoms with Gasteiger partial charge in [0, 0.05) is 7.05 Å². The number of carbonyl (C=O) groups excluding carboxylic acids is 1. The van der Waals surface area contributed by atoms with E-state index in [2.05, 4.69) is 20.7 Å². The molecule has 0 unspecified atom stereocenters. The largest absolute Gasteiger partial charge is 0.504 e. The highest BCUT2D eigenvalue weighted by Gasteiger charge is 2.05. The van der Waals surface area contributed by atoms with E-state index in [9.17, 15) is 9.90 Å². The number of thioether (sulfide) groups is 1. The Kier molecular flexibility index (Phi) is 4.77. The maximum absolute atomic E-state index is 11.6. The first-order valence-electron chi connectivity index (χ1n) is 5.87. The molecule has 0 spiro atoms. The number of rotatable bonds is 5. The average Bonchev–Trinajstić information content (AvgIpc) is 2.86. The van der Waals surface area contributed by atoms with E-state index in [0.29, 0.717) is 10.7 Å². The lowest BCUT2D eigenvalue weighted by Gasteiger charge is -2.00. The Morgan fingerprint density at radius 1 is 1.48 bits per heavy atom. The minimum absolute atomic E-state index is 0.157. The second-order valence-electron chi connectivity index (χ2n) is 4.05. The van der Waals surface area contributed by atoms with Gasteiger partial charge < -0.3 is 14.8 Å². The van der Waals surface area contributed by atoms with Gasteiger partial charge in [-0.05, 0) is 23.8 Å². The molecule has 1 heterocycles. The number of phenolic OH excluding ortho intramolecular Hbond substituents is 2. The van der Waals surface area contributed by atoms with Crippen LogP contribution in [0.3, 0.4) is 0 Å². The molecule has 110 valence electrons. The number of hydrazone groups is 1. The van der Waals surface area contributed by atoms with Crippen molar-refractivity contribution >= 4 is 23.9 Å². The van der Waals surface area contributed by atoms with Gasteiger partial charge in [-0.3, -0.25) is 4.79 Å². The zero-order chi connectivity index (χ0) is 15.2. The Labute approximate surface area is 124 Å². The number of amides is 1. The molecular formula is C12H13N5O3S. The summed E-state index contributed by atoms with van der Waals surface area (Å²) in [5.74, 6) is -0.591. The van der Waals surface area contributed by atoms with E-state index >= 15 is 0 Å². The molecule has 8 nitrogen and oxygen atoms in total. The minimum Gasteiger partial charge on any atom is -0.504 e. The third kappa shape index (κ3) is 4.21. The lowest BCUT2D eigenvalue weighted by molar-refractivity contribution is -0.118. The summed E-state index contributed by atoms with van der Waals surface area (Å²) in [6, 6.07) is 4.22. The highest BCUT2D eigenvalue weighted by molar-refractivity contribution is 7.99. The van der Waals surface area contributed by atoms with Gasteiger partial charge in [-0.15, -0.1) is 10.2 Å². The minimum atomic E-state index is -0.290. The van der Waals surface area contributed by atoms with Crippen molar-refractivity contribution < 1.29 is 15.0 Å². The van der Waals surface area contributed by atoms with E-state index < -0.39 is 0 Å². The first kappa shape index (κ1) is 14.9. The van der Waals surface area contributed by atoms with Crippen molar-refractivity contribution in [3.05, 3.63) is 30.1 Å². The zero-order valence-corrected chi connectivity index (χ0v) is 11.9.